The molecule has 0 spiro atoms. The lowest BCUT2D eigenvalue weighted by Crippen LogP contribution is -1.98. The number of nitro benzene ring substituents is 1. The number of rotatable bonds is 5. The summed E-state index contributed by atoms with van der Waals surface area (Å²) in [5.41, 5.74) is 1.61. The number of halogens is 1. The molecule has 0 bridgehead atoms. The van der Waals surface area contributed by atoms with Gasteiger partial charge in [0.2, 0.25) is 0 Å². The van der Waals surface area contributed by atoms with Crippen LogP contribution in [0, 0.1) is 17.0 Å². The number of nitrogens with zero attached hydrogens (tertiary/aromatic N) is 1. The third-order valence-electron chi connectivity index (χ3n) is 3.19. The quantitative estimate of drug-likeness (QED) is 0.257. The van der Waals surface area contributed by atoms with Gasteiger partial charge in [0, 0.05) is 22.2 Å². The SMILES string of the molecule is Cc1ccc(C(=O)/C=C\C(Cl)=C/c2ccccc2)cc1[N+](=O)[O-]. The molecule has 0 N–H and O–H groups in total. The van der Waals surface area contributed by atoms with Crippen molar-refractivity contribution in [3.05, 3.63) is 92.5 Å². The summed E-state index contributed by atoms with van der Waals surface area (Å²) in [4.78, 5) is 22.5. The smallest absolute Gasteiger partial charge is 0.273 e. The first-order valence-electron chi connectivity index (χ1n) is 6.87. The number of aryl methyl sites for hydroxylation is 1. The summed E-state index contributed by atoms with van der Waals surface area (Å²) in [5.74, 6) is -0.340. The van der Waals surface area contributed by atoms with Gasteiger partial charge in [0.1, 0.15) is 0 Å². The molecule has 2 aromatic carbocycles. The number of nitro groups is 1. The fourth-order valence-electron chi connectivity index (χ4n) is 1.97. The second kappa shape index (κ2) is 7.51. The molecule has 0 amide bonds. The van der Waals surface area contributed by atoms with Crippen LogP contribution in [0.15, 0.2) is 65.7 Å². The van der Waals surface area contributed by atoms with E-state index < -0.39 is 4.92 Å². The Bertz CT molecular complexity index is 795. The van der Waals surface area contributed by atoms with Crippen molar-refractivity contribution >= 4 is 29.1 Å². The van der Waals surface area contributed by atoms with Crippen molar-refractivity contribution in [1.82, 2.24) is 0 Å². The van der Waals surface area contributed by atoms with E-state index in [9.17, 15) is 14.9 Å². The highest BCUT2D eigenvalue weighted by Gasteiger charge is 2.13. The van der Waals surface area contributed by atoms with Crippen molar-refractivity contribution in [2.45, 2.75) is 6.92 Å². The third-order valence-corrected chi connectivity index (χ3v) is 3.42. The van der Waals surface area contributed by atoms with Crippen LogP contribution in [0.5, 0.6) is 0 Å². The first-order valence-corrected chi connectivity index (χ1v) is 7.25. The van der Waals surface area contributed by atoms with E-state index in [1.807, 2.05) is 30.3 Å². The maximum Gasteiger partial charge on any atom is 0.273 e. The molecular weight excluding hydrogens is 314 g/mol. The highest BCUT2D eigenvalue weighted by Crippen LogP contribution is 2.20. The predicted octanol–water partition coefficient (Wildman–Crippen LogP) is 4.92. The average molecular weight is 328 g/mol. The first kappa shape index (κ1) is 16.6. The van der Waals surface area contributed by atoms with Gasteiger partial charge in [-0.15, -0.1) is 0 Å². The Morgan fingerprint density at radius 2 is 1.83 bits per heavy atom. The van der Waals surface area contributed by atoms with Gasteiger partial charge in [-0.25, -0.2) is 0 Å². The molecule has 0 atom stereocenters. The molecule has 0 saturated carbocycles. The van der Waals surface area contributed by atoms with Crippen LogP contribution in [0.4, 0.5) is 5.69 Å². The zero-order valence-electron chi connectivity index (χ0n) is 12.4. The first-order chi connectivity index (χ1) is 11.0. The highest BCUT2D eigenvalue weighted by atomic mass is 35.5. The molecule has 116 valence electrons. The number of hydrogen-bond donors (Lipinski definition) is 0. The summed E-state index contributed by atoms with van der Waals surface area (Å²) < 4.78 is 0. The minimum absolute atomic E-state index is 0.0739. The standard InChI is InChI=1S/C18H14ClNO3/c1-13-7-8-15(12-17(13)20(22)23)18(21)10-9-16(19)11-14-5-3-2-4-6-14/h2-12H,1H3/b10-9-,16-11+. The van der Waals surface area contributed by atoms with Gasteiger partial charge >= 0.3 is 0 Å². The maximum atomic E-state index is 12.1. The van der Waals surface area contributed by atoms with Gasteiger partial charge in [0.15, 0.2) is 5.78 Å². The summed E-state index contributed by atoms with van der Waals surface area (Å²) in [6.45, 7) is 1.63. The highest BCUT2D eigenvalue weighted by molar-refractivity contribution is 6.33. The molecule has 23 heavy (non-hydrogen) atoms. The lowest BCUT2D eigenvalue weighted by atomic mass is 10.1. The number of ketones is 1. The van der Waals surface area contributed by atoms with Gasteiger partial charge in [-0.1, -0.05) is 54.1 Å². The molecule has 0 unspecified atom stereocenters. The van der Waals surface area contributed by atoms with E-state index >= 15 is 0 Å². The molecule has 0 aromatic heterocycles. The van der Waals surface area contributed by atoms with Gasteiger partial charge in [-0.3, -0.25) is 14.9 Å². The van der Waals surface area contributed by atoms with Gasteiger partial charge < -0.3 is 0 Å². The number of allylic oxidation sites excluding steroid dienone is 3. The van der Waals surface area contributed by atoms with Crippen LogP contribution in [0.25, 0.3) is 6.08 Å². The van der Waals surface area contributed by atoms with Gasteiger partial charge in [-0.2, -0.15) is 0 Å². The van der Waals surface area contributed by atoms with Crippen molar-refractivity contribution < 1.29 is 9.72 Å². The Hall–Kier alpha value is -2.72. The zero-order chi connectivity index (χ0) is 16.8. The van der Waals surface area contributed by atoms with Crippen molar-refractivity contribution in [3.63, 3.8) is 0 Å². The van der Waals surface area contributed by atoms with Crippen LogP contribution >= 0.6 is 11.6 Å². The summed E-state index contributed by atoms with van der Waals surface area (Å²) in [6.07, 6.45) is 4.50. The molecule has 0 heterocycles. The minimum Gasteiger partial charge on any atom is -0.289 e. The number of carbonyl (C=O) groups excluding carboxylic acids is 1. The Labute approximate surface area is 138 Å². The lowest BCUT2D eigenvalue weighted by Gasteiger charge is -2.00. The topological polar surface area (TPSA) is 60.2 Å². The lowest BCUT2D eigenvalue weighted by molar-refractivity contribution is -0.385. The van der Waals surface area contributed by atoms with E-state index in [2.05, 4.69) is 0 Å². The molecule has 0 fully saturated rings. The summed E-state index contributed by atoms with van der Waals surface area (Å²) in [7, 11) is 0. The molecule has 2 aromatic rings. The Morgan fingerprint density at radius 3 is 2.48 bits per heavy atom. The molecule has 0 saturated heterocycles. The van der Waals surface area contributed by atoms with E-state index in [1.54, 1.807) is 25.1 Å². The predicted molar refractivity (Wildman–Crippen MR) is 91.6 cm³/mol. The van der Waals surface area contributed by atoms with Crippen LogP contribution < -0.4 is 0 Å². The van der Waals surface area contributed by atoms with Gasteiger partial charge in [0.05, 0.1) is 4.92 Å². The maximum absolute atomic E-state index is 12.1. The molecule has 0 aliphatic rings. The van der Waals surface area contributed by atoms with Crippen LogP contribution in [-0.2, 0) is 0 Å². The van der Waals surface area contributed by atoms with E-state index in [-0.39, 0.29) is 17.0 Å². The second-order valence-electron chi connectivity index (χ2n) is 4.90. The third kappa shape index (κ3) is 4.63. The number of benzene rings is 2. The normalized spacial score (nSPS) is 11.7. The Morgan fingerprint density at radius 1 is 1.13 bits per heavy atom. The molecule has 2 rings (SSSR count). The van der Waals surface area contributed by atoms with E-state index in [0.29, 0.717) is 10.6 Å². The summed E-state index contributed by atoms with van der Waals surface area (Å²) >= 11 is 6.07. The molecular formula is C18H14ClNO3. The Balaban J connectivity index is 2.17. The van der Waals surface area contributed by atoms with Crippen LogP contribution in [0.3, 0.4) is 0 Å². The average Bonchev–Trinajstić information content (AvgIpc) is 2.53. The van der Waals surface area contributed by atoms with Crippen molar-refractivity contribution in [2.75, 3.05) is 0 Å². The van der Waals surface area contributed by atoms with E-state index in [1.165, 1.54) is 18.2 Å². The molecule has 0 aliphatic heterocycles. The summed E-state index contributed by atoms with van der Waals surface area (Å²) in [6, 6.07) is 13.8. The van der Waals surface area contributed by atoms with Crippen molar-refractivity contribution in [2.24, 2.45) is 0 Å². The monoisotopic (exact) mass is 327 g/mol. The second-order valence-corrected chi connectivity index (χ2v) is 5.33. The summed E-state index contributed by atoms with van der Waals surface area (Å²) in [5, 5.41) is 11.3. The number of hydrogen-bond acceptors (Lipinski definition) is 3. The fraction of sp³-hybridized carbons (Fsp3) is 0.0556. The zero-order valence-corrected chi connectivity index (χ0v) is 13.2. The van der Waals surface area contributed by atoms with E-state index in [0.717, 1.165) is 5.56 Å². The molecule has 0 radical (unpaired) electrons. The molecule has 0 aliphatic carbocycles. The Kier molecular flexibility index (Phi) is 5.44. The minimum atomic E-state index is -0.502. The van der Waals surface area contributed by atoms with Crippen LogP contribution in [-0.4, -0.2) is 10.7 Å². The van der Waals surface area contributed by atoms with E-state index in [4.69, 9.17) is 11.6 Å². The largest absolute Gasteiger partial charge is 0.289 e. The van der Waals surface area contributed by atoms with Gasteiger partial charge in [0.25, 0.3) is 5.69 Å². The van der Waals surface area contributed by atoms with Crippen LogP contribution in [0.2, 0.25) is 0 Å². The van der Waals surface area contributed by atoms with Crippen LogP contribution in [0.1, 0.15) is 21.5 Å². The van der Waals surface area contributed by atoms with Crippen molar-refractivity contribution in [3.8, 4) is 0 Å². The van der Waals surface area contributed by atoms with Crippen molar-refractivity contribution in [1.29, 1.82) is 0 Å². The molecule has 4 nitrogen and oxygen atoms in total. The van der Waals surface area contributed by atoms with Gasteiger partial charge in [-0.05, 0) is 30.7 Å². The number of carbonyl (C=O) groups is 1. The molecule has 5 heteroatoms. The fourth-order valence-corrected chi connectivity index (χ4v) is 2.16.